The van der Waals surface area contributed by atoms with Crippen molar-refractivity contribution in [1.82, 2.24) is 5.32 Å². The molecule has 132 valence electrons. The Morgan fingerprint density at radius 1 is 1.24 bits per heavy atom. The monoisotopic (exact) mass is 344 g/mol. The quantitative estimate of drug-likeness (QED) is 0.620. The van der Waals surface area contributed by atoms with Gasteiger partial charge in [0, 0.05) is 23.7 Å². The van der Waals surface area contributed by atoms with Gasteiger partial charge < -0.3 is 15.8 Å². The Morgan fingerprint density at radius 3 is 2.60 bits per heavy atom. The number of nitrogen functional groups attached to an aromatic ring is 1. The number of ketones is 1. The Balaban J connectivity index is 1.87. The van der Waals surface area contributed by atoms with Gasteiger partial charge in [-0.05, 0) is 37.1 Å². The van der Waals surface area contributed by atoms with Crippen LogP contribution in [0.2, 0.25) is 0 Å². The van der Waals surface area contributed by atoms with E-state index in [1.807, 2.05) is 30.3 Å². The van der Waals surface area contributed by atoms with Crippen molar-refractivity contribution in [2.45, 2.75) is 32.9 Å². The van der Waals surface area contributed by atoms with Gasteiger partial charge in [-0.15, -0.1) is 0 Å². The number of hydrogen-bond donors (Lipinski definition) is 2. The number of carbonyl (C=O) groups excluding carboxylic acids is 2. The number of nitrogens with one attached hydrogen (secondary N) is 1. The molecule has 0 aliphatic heterocycles. The molecule has 1 amide bonds. The molecule has 0 aliphatic rings. The number of alkyl carbamates (subject to hydrolysis) is 1. The predicted molar refractivity (Wildman–Crippen MR) is 93.7 cm³/mol. The molecule has 1 atom stereocenters. The molecule has 0 saturated carbocycles. The fourth-order valence-electron chi connectivity index (χ4n) is 2.34. The highest BCUT2D eigenvalue weighted by atomic mass is 19.1. The highest BCUT2D eigenvalue weighted by molar-refractivity contribution is 6.01. The van der Waals surface area contributed by atoms with E-state index in [1.54, 1.807) is 13.8 Å². The van der Waals surface area contributed by atoms with Crippen molar-refractivity contribution >= 4 is 17.6 Å². The van der Waals surface area contributed by atoms with Crippen molar-refractivity contribution in [3.63, 3.8) is 0 Å². The molecule has 2 aromatic carbocycles. The Labute approximate surface area is 146 Å². The van der Waals surface area contributed by atoms with Crippen molar-refractivity contribution in [2.24, 2.45) is 0 Å². The summed E-state index contributed by atoms with van der Waals surface area (Å²) in [5.41, 5.74) is 7.27. The van der Waals surface area contributed by atoms with Gasteiger partial charge in [0.1, 0.15) is 12.4 Å². The standard InChI is InChI=1S/C19H21FN2O3/c1-12-8-15(17(21)10-16(12)20)18(23)9-13(2)22-19(24)25-11-14-6-4-3-5-7-14/h3-8,10,13H,9,11,21H2,1-2H3,(H,22,24)/t13-/m0/s1. The Morgan fingerprint density at radius 2 is 1.92 bits per heavy atom. The average molecular weight is 344 g/mol. The van der Waals surface area contributed by atoms with Crippen LogP contribution in [0.25, 0.3) is 0 Å². The number of halogens is 1. The number of aryl methyl sites for hydroxylation is 1. The highest BCUT2D eigenvalue weighted by Gasteiger charge is 2.17. The van der Waals surface area contributed by atoms with Crippen molar-refractivity contribution in [2.75, 3.05) is 5.73 Å². The largest absolute Gasteiger partial charge is 0.445 e. The van der Waals surface area contributed by atoms with Crippen LogP contribution in [0, 0.1) is 12.7 Å². The first-order valence-electron chi connectivity index (χ1n) is 7.93. The van der Waals surface area contributed by atoms with Gasteiger partial charge in [0.15, 0.2) is 5.78 Å². The maximum atomic E-state index is 13.4. The Kier molecular flexibility index (Phi) is 6.11. The van der Waals surface area contributed by atoms with Gasteiger partial charge in [-0.3, -0.25) is 4.79 Å². The number of Topliss-reactive ketones (excluding diaryl/α,β-unsaturated/α-hetero) is 1. The molecule has 5 nitrogen and oxygen atoms in total. The summed E-state index contributed by atoms with van der Waals surface area (Å²) in [6.07, 6.45) is -0.567. The van der Waals surface area contributed by atoms with Gasteiger partial charge in [0.25, 0.3) is 0 Å². The number of nitrogens with two attached hydrogens (primary N) is 1. The molecule has 0 heterocycles. The van der Waals surface area contributed by atoms with Crippen molar-refractivity contribution < 1.29 is 18.7 Å². The minimum atomic E-state index is -0.604. The molecule has 0 unspecified atom stereocenters. The summed E-state index contributed by atoms with van der Waals surface area (Å²) in [5.74, 6) is -0.721. The normalized spacial score (nSPS) is 11.6. The molecule has 3 N–H and O–H groups in total. The number of rotatable bonds is 6. The van der Waals surface area contributed by atoms with Gasteiger partial charge in [0.05, 0.1) is 0 Å². The highest BCUT2D eigenvalue weighted by Crippen LogP contribution is 2.19. The smallest absolute Gasteiger partial charge is 0.407 e. The maximum Gasteiger partial charge on any atom is 0.407 e. The molecule has 25 heavy (non-hydrogen) atoms. The molecule has 0 bridgehead atoms. The molecular formula is C19H21FN2O3. The number of hydrogen-bond acceptors (Lipinski definition) is 4. The summed E-state index contributed by atoms with van der Waals surface area (Å²) in [6.45, 7) is 3.40. The summed E-state index contributed by atoms with van der Waals surface area (Å²) in [4.78, 5) is 24.1. The lowest BCUT2D eigenvalue weighted by Crippen LogP contribution is -2.34. The van der Waals surface area contributed by atoms with Crippen molar-refractivity contribution in [1.29, 1.82) is 0 Å². The topological polar surface area (TPSA) is 81.4 Å². The van der Waals surface area contributed by atoms with E-state index in [0.29, 0.717) is 5.56 Å². The van der Waals surface area contributed by atoms with Crippen LogP contribution in [0.4, 0.5) is 14.9 Å². The lowest BCUT2D eigenvalue weighted by molar-refractivity contribution is 0.0967. The summed E-state index contributed by atoms with van der Waals surface area (Å²) < 4.78 is 18.5. The zero-order chi connectivity index (χ0) is 18.4. The number of carbonyl (C=O) groups is 2. The zero-order valence-corrected chi connectivity index (χ0v) is 14.2. The number of ether oxygens (including phenoxy) is 1. The van der Waals surface area contributed by atoms with Gasteiger partial charge in [-0.1, -0.05) is 30.3 Å². The van der Waals surface area contributed by atoms with Gasteiger partial charge in [-0.2, -0.15) is 0 Å². The first-order valence-corrected chi connectivity index (χ1v) is 7.93. The van der Waals surface area contributed by atoms with E-state index in [9.17, 15) is 14.0 Å². The zero-order valence-electron chi connectivity index (χ0n) is 14.2. The van der Waals surface area contributed by atoms with Crippen LogP contribution >= 0.6 is 0 Å². The van der Waals surface area contributed by atoms with Gasteiger partial charge in [-0.25, -0.2) is 9.18 Å². The van der Waals surface area contributed by atoms with E-state index in [1.165, 1.54) is 6.07 Å². The third kappa shape index (κ3) is 5.31. The lowest BCUT2D eigenvalue weighted by Gasteiger charge is -2.14. The first kappa shape index (κ1) is 18.4. The third-order valence-electron chi connectivity index (χ3n) is 3.70. The fraction of sp³-hybridized carbons (Fsp3) is 0.263. The van der Waals surface area contributed by atoms with Gasteiger partial charge >= 0.3 is 6.09 Å². The first-order chi connectivity index (χ1) is 11.9. The van der Waals surface area contributed by atoms with E-state index < -0.39 is 18.0 Å². The molecule has 0 spiro atoms. The average Bonchev–Trinajstić information content (AvgIpc) is 2.57. The summed E-state index contributed by atoms with van der Waals surface area (Å²) in [7, 11) is 0. The van der Waals surface area contributed by atoms with Crippen molar-refractivity contribution in [3.8, 4) is 0 Å². The molecular weight excluding hydrogens is 323 g/mol. The second-order valence-electron chi connectivity index (χ2n) is 5.92. The third-order valence-corrected chi connectivity index (χ3v) is 3.70. The molecule has 0 saturated heterocycles. The SMILES string of the molecule is Cc1cc(C(=O)C[C@H](C)NC(=O)OCc2ccccc2)c(N)cc1F. The van der Waals surface area contributed by atoms with Crippen LogP contribution < -0.4 is 11.1 Å². The van der Waals surface area contributed by atoms with Crippen LogP contribution in [-0.4, -0.2) is 17.9 Å². The number of anilines is 1. The minimum absolute atomic E-state index is 0.0374. The summed E-state index contributed by atoms with van der Waals surface area (Å²) in [6, 6.07) is 11.4. The fourth-order valence-corrected chi connectivity index (χ4v) is 2.34. The van der Waals surface area contributed by atoms with Crippen LogP contribution in [-0.2, 0) is 11.3 Å². The molecule has 0 fully saturated rings. The number of amides is 1. The van der Waals surface area contributed by atoms with E-state index in [4.69, 9.17) is 10.5 Å². The molecule has 2 rings (SSSR count). The molecule has 0 radical (unpaired) electrons. The van der Waals surface area contributed by atoms with Crippen LogP contribution in [0.3, 0.4) is 0 Å². The van der Waals surface area contributed by atoms with Crippen LogP contribution in [0.5, 0.6) is 0 Å². The second-order valence-corrected chi connectivity index (χ2v) is 5.92. The van der Waals surface area contributed by atoms with E-state index >= 15 is 0 Å². The molecule has 2 aromatic rings. The lowest BCUT2D eigenvalue weighted by atomic mass is 10.0. The molecule has 0 aliphatic carbocycles. The van der Waals surface area contributed by atoms with Crippen LogP contribution in [0.15, 0.2) is 42.5 Å². The van der Waals surface area contributed by atoms with Crippen LogP contribution in [0.1, 0.15) is 34.8 Å². The molecule has 6 heteroatoms. The van der Waals surface area contributed by atoms with E-state index in [0.717, 1.165) is 11.6 Å². The second kappa shape index (κ2) is 8.28. The molecule has 0 aromatic heterocycles. The minimum Gasteiger partial charge on any atom is -0.445 e. The Bertz CT molecular complexity index is 763. The Hall–Kier alpha value is -2.89. The van der Waals surface area contributed by atoms with E-state index in [-0.39, 0.29) is 30.1 Å². The predicted octanol–water partition coefficient (Wildman–Crippen LogP) is 3.60. The summed E-state index contributed by atoms with van der Waals surface area (Å²) in [5, 5.41) is 2.60. The maximum absolute atomic E-state index is 13.4. The van der Waals surface area contributed by atoms with Gasteiger partial charge in [0.2, 0.25) is 0 Å². The summed E-state index contributed by atoms with van der Waals surface area (Å²) >= 11 is 0. The van der Waals surface area contributed by atoms with Crippen molar-refractivity contribution in [3.05, 3.63) is 65.0 Å². The van der Waals surface area contributed by atoms with E-state index in [2.05, 4.69) is 5.32 Å². The number of benzene rings is 2.